The third-order valence-electron chi connectivity index (χ3n) is 3.26. The highest BCUT2D eigenvalue weighted by molar-refractivity contribution is 5.94. The van der Waals surface area contributed by atoms with Gasteiger partial charge < -0.3 is 15.2 Å². The molecule has 0 aliphatic carbocycles. The molecular formula is C14H16FNO4. The number of carbonyl (C=O) groups is 2. The number of hydrogen-bond donors (Lipinski definition) is 2. The normalized spacial score (nSPS) is 19.6. The fourth-order valence-electron chi connectivity index (χ4n) is 2.27. The van der Waals surface area contributed by atoms with Crippen molar-refractivity contribution < 1.29 is 23.8 Å². The van der Waals surface area contributed by atoms with Crippen molar-refractivity contribution in [1.82, 2.24) is 0 Å². The molecule has 2 atom stereocenters. The Morgan fingerprint density at radius 3 is 2.65 bits per heavy atom. The first kappa shape index (κ1) is 14.5. The lowest BCUT2D eigenvalue weighted by atomic mass is 9.95. The van der Waals surface area contributed by atoms with Gasteiger partial charge in [-0.15, -0.1) is 0 Å². The lowest BCUT2D eigenvalue weighted by molar-refractivity contribution is -0.142. The van der Waals surface area contributed by atoms with E-state index in [0.717, 1.165) is 6.42 Å². The lowest BCUT2D eigenvalue weighted by Gasteiger charge is -2.20. The van der Waals surface area contributed by atoms with Crippen molar-refractivity contribution in [3.63, 3.8) is 0 Å². The molecule has 108 valence electrons. The van der Waals surface area contributed by atoms with Crippen molar-refractivity contribution in [2.24, 2.45) is 5.92 Å². The van der Waals surface area contributed by atoms with Crippen LogP contribution >= 0.6 is 0 Å². The summed E-state index contributed by atoms with van der Waals surface area (Å²) in [5.74, 6) is -2.59. The predicted octanol–water partition coefficient (Wildman–Crippen LogP) is 2.03. The van der Waals surface area contributed by atoms with Crippen molar-refractivity contribution >= 4 is 17.6 Å². The second-order valence-corrected chi connectivity index (χ2v) is 4.75. The first-order valence-electron chi connectivity index (χ1n) is 6.46. The molecule has 2 N–H and O–H groups in total. The van der Waals surface area contributed by atoms with Crippen molar-refractivity contribution in [3.8, 4) is 0 Å². The number of aliphatic carboxylic acids is 1. The zero-order valence-corrected chi connectivity index (χ0v) is 10.8. The minimum absolute atomic E-state index is 0.280. The highest BCUT2D eigenvalue weighted by Crippen LogP contribution is 2.24. The molecule has 0 saturated carbocycles. The Hall–Kier alpha value is -1.95. The van der Waals surface area contributed by atoms with Gasteiger partial charge in [-0.05, 0) is 37.1 Å². The third-order valence-corrected chi connectivity index (χ3v) is 3.26. The van der Waals surface area contributed by atoms with Crippen LogP contribution in [-0.4, -0.2) is 29.7 Å². The number of benzene rings is 1. The summed E-state index contributed by atoms with van der Waals surface area (Å²) < 4.78 is 18.2. The maximum Gasteiger partial charge on any atom is 0.304 e. The van der Waals surface area contributed by atoms with Crippen molar-refractivity contribution in [1.29, 1.82) is 0 Å². The zero-order valence-electron chi connectivity index (χ0n) is 10.8. The van der Waals surface area contributed by atoms with Gasteiger partial charge in [-0.1, -0.05) is 0 Å². The highest BCUT2D eigenvalue weighted by atomic mass is 19.1. The van der Waals surface area contributed by atoms with E-state index < -0.39 is 23.6 Å². The Morgan fingerprint density at radius 1 is 1.40 bits per heavy atom. The second-order valence-electron chi connectivity index (χ2n) is 4.75. The molecule has 6 heteroatoms. The molecule has 2 rings (SSSR count). The smallest absolute Gasteiger partial charge is 0.304 e. The maximum absolute atomic E-state index is 12.8. The summed E-state index contributed by atoms with van der Waals surface area (Å²) in [6.45, 7) is 0.546. The fraction of sp³-hybridized carbons (Fsp3) is 0.429. The largest absolute Gasteiger partial charge is 0.481 e. The van der Waals surface area contributed by atoms with Crippen LogP contribution in [0.15, 0.2) is 24.3 Å². The molecule has 1 aromatic rings. The van der Waals surface area contributed by atoms with Crippen molar-refractivity contribution in [2.45, 2.75) is 25.4 Å². The van der Waals surface area contributed by atoms with Crippen LogP contribution in [-0.2, 0) is 14.3 Å². The average molecular weight is 281 g/mol. The number of carboxylic acids is 1. The molecule has 0 spiro atoms. The molecule has 1 amide bonds. The van der Waals surface area contributed by atoms with E-state index in [1.807, 2.05) is 0 Å². The van der Waals surface area contributed by atoms with Crippen LogP contribution in [0.5, 0.6) is 0 Å². The molecule has 20 heavy (non-hydrogen) atoms. The quantitative estimate of drug-likeness (QED) is 0.866. The molecule has 0 unspecified atom stereocenters. The monoisotopic (exact) mass is 281 g/mol. The molecule has 1 saturated heterocycles. The Kier molecular flexibility index (Phi) is 4.68. The maximum atomic E-state index is 12.8. The number of amides is 1. The Bertz CT molecular complexity index is 482. The summed E-state index contributed by atoms with van der Waals surface area (Å²) in [6, 6.07) is 5.32. The molecular weight excluding hydrogens is 265 g/mol. The van der Waals surface area contributed by atoms with E-state index in [1.165, 1.54) is 24.3 Å². The van der Waals surface area contributed by atoms with Gasteiger partial charge in [-0.25, -0.2) is 4.39 Å². The molecule has 0 radical (unpaired) electrons. The van der Waals surface area contributed by atoms with Gasteiger partial charge in [-0.2, -0.15) is 0 Å². The molecule has 1 aliphatic rings. The van der Waals surface area contributed by atoms with Gasteiger partial charge in [0.15, 0.2) is 0 Å². The van der Waals surface area contributed by atoms with Crippen LogP contribution < -0.4 is 5.32 Å². The summed E-state index contributed by atoms with van der Waals surface area (Å²) in [5, 5.41) is 11.5. The van der Waals surface area contributed by atoms with E-state index in [4.69, 9.17) is 9.84 Å². The van der Waals surface area contributed by atoms with Gasteiger partial charge in [0.25, 0.3) is 0 Å². The molecule has 1 aromatic carbocycles. The van der Waals surface area contributed by atoms with Gasteiger partial charge in [-0.3, -0.25) is 9.59 Å². The Labute approximate surface area is 115 Å². The van der Waals surface area contributed by atoms with E-state index in [2.05, 4.69) is 5.32 Å². The Morgan fingerprint density at radius 2 is 2.10 bits per heavy atom. The van der Waals surface area contributed by atoms with Gasteiger partial charge in [0.1, 0.15) is 5.82 Å². The van der Waals surface area contributed by atoms with Crippen LogP contribution in [0.2, 0.25) is 0 Å². The van der Waals surface area contributed by atoms with Crippen LogP contribution in [0.25, 0.3) is 0 Å². The minimum atomic E-state index is -1.04. The minimum Gasteiger partial charge on any atom is -0.481 e. The number of nitrogens with one attached hydrogen (secondary N) is 1. The van der Waals surface area contributed by atoms with Gasteiger partial charge in [0, 0.05) is 12.3 Å². The standard InChI is InChI=1S/C14H16FNO4/c15-9-3-5-10(6-4-9)16-14(19)11(8-13(17)18)12-2-1-7-20-12/h3-6,11-12H,1-2,7-8H2,(H,16,19)(H,17,18)/t11-,12-/m1/s1. The molecule has 1 heterocycles. The summed E-state index contributed by atoms with van der Waals surface area (Å²) in [6.07, 6.45) is 0.850. The van der Waals surface area contributed by atoms with Crippen molar-refractivity contribution in [3.05, 3.63) is 30.1 Å². The first-order chi connectivity index (χ1) is 9.56. The zero-order chi connectivity index (χ0) is 14.5. The van der Waals surface area contributed by atoms with Gasteiger partial charge >= 0.3 is 5.97 Å². The average Bonchev–Trinajstić information content (AvgIpc) is 2.92. The summed E-state index contributed by atoms with van der Waals surface area (Å²) in [7, 11) is 0. The molecule has 1 aliphatic heterocycles. The van der Waals surface area contributed by atoms with Crippen molar-refractivity contribution in [2.75, 3.05) is 11.9 Å². The Balaban J connectivity index is 2.05. The highest BCUT2D eigenvalue weighted by Gasteiger charge is 2.33. The van der Waals surface area contributed by atoms with Crippen LogP contribution in [0, 0.1) is 11.7 Å². The summed E-state index contributed by atoms with van der Waals surface area (Å²) >= 11 is 0. The summed E-state index contributed by atoms with van der Waals surface area (Å²) in [5.41, 5.74) is 0.435. The SMILES string of the molecule is O=C(O)C[C@@H](C(=O)Nc1ccc(F)cc1)[C@H]1CCCO1. The van der Waals surface area contributed by atoms with Gasteiger partial charge in [0.2, 0.25) is 5.91 Å². The van der Waals surface area contributed by atoms with E-state index in [-0.39, 0.29) is 12.5 Å². The topological polar surface area (TPSA) is 75.6 Å². The number of anilines is 1. The van der Waals surface area contributed by atoms with Gasteiger partial charge in [0.05, 0.1) is 18.4 Å². The summed E-state index contributed by atoms with van der Waals surface area (Å²) in [4.78, 5) is 23.1. The van der Waals surface area contributed by atoms with Crippen LogP contribution in [0.4, 0.5) is 10.1 Å². The fourth-order valence-corrected chi connectivity index (χ4v) is 2.27. The predicted molar refractivity (Wildman–Crippen MR) is 69.7 cm³/mol. The second kappa shape index (κ2) is 6.47. The molecule has 0 bridgehead atoms. The molecule has 1 fully saturated rings. The number of carbonyl (C=O) groups excluding carboxylic acids is 1. The number of carboxylic acid groups (broad SMARTS) is 1. The van der Waals surface area contributed by atoms with E-state index >= 15 is 0 Å². The van der Waals surface area contributed by atoms with Crippen LogP contribution in [0.3, 0.4) is 0 Å². The lowest BCUT2D eigenvalue weighted by Crippen LogP contribution is -2.34. The number of rotatable bonds is 5. The number of halogens is 1. The molecule has 5 nitrogen and oxygen atoms in total. The number of hydrogen-bond acceptors (Lipinski definition) is 3. The first-order valence-corrected chi connectivity index (χ1v) is 6.46. The van der Waals surface area contributed by atoms with E-state index in [1.54, 1.807) is 0 Å². The molecule has 0 aromatic heterocycles. The van der Waals surface area contributed by atoms with E-state index in [9.17, 15) is 14.0 Å². The number of ether oxygens (including phenoxy) is 1. The third kappa shape index (κ3) is 3.77. The van der Waals surface area contributed by atoms with Crippen LogP contribution in [0.1, 0.15) is 19.3 Å². The van der Waals surface area contributed by atoms with E-state index in [0.29, 0.717) is 18.7 Å².